The number of amides is 2. The Kier molecular flexibility index (Phi) is 6.29. The van der Waals surface area contributed by atoms with Crippen LogP contribution in [-0.4, -0.2) is 32.6 Å². The number of hydrogen-bond acceptors (Lipinski definition) is 5. The summed E-state index contributed by atoms with van der Waals surface area (Å²) in [7, 11) is 3.02. The van der Waals surface area contributed by atoms with Gasteiger partial charge in [-0.2, -0.15) is 0 Å². The fourth-order valence-corrected chi connectivity index (χ4v) is 3.57. The number of thiophene rings is 1. The molecule has 2 aromatic carbocycles. The lowest BCUT2D eigenvalue weighted by Gasteiger charge is -2.09. The van der Waals surface area contributed by atoms with E-state index in [1.165, 1.54) is 18.9 Å². The first-order valence-corrected chi connectivity index (χ1v) is 9.42. The molecule has 1 heterocycles. The molecule has 0 unspecified atom stereocenters. The normalized spacial score (nSPS) is 10.8. The lowest BCUT2D eigenvalue weighted by molar-refractivity contribution is -0.119. The molecular weight excluding hydrogens is 376 g/mol. The molecule has 0 atom stereocenters. The predicted octanol–water partition coefficient (Wildman–Crippen LogP) is 3.44. The zero-order valence-electron chi connectivity index (χ0n) is 15.5. The van der Waals surface area contributed by atoms with Crippen LogP contribution in [0.1, 0.15) is 15.9 Å². The van der Waals surface area contributed by atoms with E-state index in [1.807, 2.05) is 29.7 Å². The number of hydrogen-bond donors (Lipinski definition) is 2. The average molecular weight is 396 g/mol. The summed E-state index contributed by atoms with van der Waals surface area (Å²) in [6, 6.07) is 12.9. The molecule has 0 fully saturated rings. The second-order valence-corrected chi connectivity index (χ2v) is 6.75. The number of fused-ring (bicyclic) bond motifs is 1. The Balaban J connectivity index is 1.53. The van der Waals surface area contributed by atoms with E-state index in [4.69, 9.17) is 9.47 Å². The monoisotopic (exact) mass is 396 g/mol. The third-order valence-electron chi connectivity index (χ3n) is 4.07. The first kappa shape index (κ1) is 19.4. The molecule has 1 aromatic heterocycles. The fraction of sp³-hybridized carbons (Fsp3) is 0.143. The molecule has 0 spiro atoms. The van der Waals surface area contributed by atoms with Crippen molar-refractivity contribution in [2.24, 2.45) is 0 Å². The fourth-order valence-electron chi connectivity index (χ4n) is 2.64. The highest BCUT2D eigenvalue weighted by atomic mass is 32.1. The van der Waals surface area contributed by atoms with Crippen LogP contribution in [0.4, 0.5) is 0 Å². The van der Waals surface area contributed by atoms with Crippen molar-refractivity contribution in [3.8, 4) is 11.5 Å². The molecule has 0 saturated carbocycles. The summed E-state index contributed by atoms with van der Waals surface area (Å²) in [6.45, 7) is -0.137. The van der Waals surface area contributed by atoms with E-state index in [0.29, 0.717) is 17.1 Å². The summed E-state index contributed by atoms with van der Waals surface area (Å²) in [6.07, 6.45) is 3.42. The summed E-state index contributed by atoms with van der Waals surface area (Å²) in [4.78, 5) is 24.2. The third-order valence-corrected chi connectivity index (χ3v) is 5.06. The van der Waals surface area contributed by atoms with Crippen molar-refractivity contribution in [1.29, 1.82) is 0 Å². The molecule has 3 aromatic rings. The van der Waals surface area contributed by atoms with Crippen LogP contribution < -0.4 is 20.1 Å². The van der Waals surface area contributed by atoms with Gasteiger partial charge in [0.2, 0.25) is 5.91 Å². The van der Waals surface area contributed by atoms with Gasteiger partial charge in [0.15, 0.2) is 11.5 Å². The summed E-state index contributed by atoms with van der Waals surface area (Å²) in [5.74, 6) is 0.293. The number of methoxy groups -OCH3 is 2. The van der Waals surface area contributed by atoms with Gasteiger partial charge in [-0.25, -0.2) is 0 Å². The smallest absolute Gasteiger partial charge is 0.251 e. The summed E-state index contributed by atoms with van der Waals surface area (Å²) >= 11 is 1.65. The molecule has 0 saturated heterocycles. The molecule has 3 rings (SSSR count). The molecule has 0 aliphatic heterocycles. The van der Waals surface area contributed by atoms with Gasteiger partial charge in [-0.1, -0.05) is 18.2 Å². The van der Waals surface area contributed by atoms with E-state index in [1.54, 1.807) is 35.7 Å². The van der Waals surface area contributed by atoms with Crippen LogP contribution in [0.3, 0.4) is 0 Å². The standard InChI is InChI=1S/C21H20N2O4S/c1-26-17-8-7-14(11-18(17)27-2)21(25)23-12-20(24)22-10-9-15-13-28-19-6-4-3-5-16(15)19/h3-11,13H,12H2,1-2H3,(H,22,24)(H,23,25). The van der Waals surface area contributed by atoms with Gasteiger partial charge >= 0.3 is 0 Å². The maximum absolute atomic E-state index is 12.2. The van der Waals surface area contributed by atoms with Crippen LogP contribution in [0, 0.1) is 0 Å². The Morgan fingerprint density at radius 3 is 2.64 bits per heavy atom. The first-order chi connectivity index (χ1) is 13.6. The van der Waals surface area contributed by atoms with Gasteiger partial charge < -0.3 is 20.1 Å². The Labute approximate surface area is 166 Å². The van der Waals surface area contributed by atoms with Gasteiger partial charge in [-0.05, 0) is 46.7 Å². The van der Waals surface area contributed by atoms with E-state index < -0.39 is 0 Å². The van der Waals surface area contributed by atoms with E-state index in [9.17, 15) is 9.59 Å². The quantitative estimate of drug-likeness (QED) is 0.641. The summed E-state index contributed by atoms with van der Waals surface area (Å²) in [5, 5.41) is 8.41. The van der Waals surface area contributed by atoms with E-state index in [2.05, 4.69) is 16.7 Å². The summed E-state index contributed by atoms with van der Waals surface area (Å²) in [5.41, 5.74) is 1.42. The van der Waals surface area contributed by atoms with Gasteiger partial charge in [0.05, 0.1) is 20.8 Å². The van der Waals surface area contributed by atoms with Gasteiger partial charge in [0.1, 0.15) is 0 Å². The highest BCUT2D eigenvalue weighted by molar-refractivity contribution is 7.17. The second kappa shape index (κ2) is 9.05. The molecule has 0 aliphatic rings. The van der Waals surface area contributed by atoms with Crippen LogP contribution in [-0.2, 0) is 4.79 Å². The number of carbonyl (C=O) groups excluding carboxylic acids is 2. The predicted molar refractivity (Wildman–Crippen MR) is 111 cm³/mol. The Morgan fingerprint density at radius 2 is 1.86 bits per heavy atom. The van der Waals surface area contributed by atoms with Gasteiger partial charge in [0.25, 0.3) is 5.91 Å². The van der Waals surface area contributed by atoms with Crippen molar-refractivity contribution in [3.05, 3.63) is 65.2 Å². The first-order valence-electron chi connectivity index (χ1n) is 8.54. The Morgan fingerprint density at radius 1 is 1.07 bits per heavy atom. The molecule has 2 amide bonds. The number of carbonyl (C=O) groups is 2. The SMILES string of the molecule is COc1ccc(C(=O)NCC(=O)NC=Cc2csc3ccccc23)cc1OC. The van der Waals surface area contributed by atoms with Gasteiger partial charge in [-0.3, -0.25) is 9.59 Å². The minimum atomic E-state index is -0.371. The topological polar surface area (TPSA) is 76.7 Å². The zero-order valence-corrected chi connectivity index (χ0v) is 16.3. The maximum atomic E-state index is 12.2. The Hall–Kier alpha value is -3.32. The zero-order chi connectivity index (χ0) is 19.9. The lowest BCUT2D eigenvalue weighted by atomic mass is 10.2. The van der Waals surface area contributed by atoms with Crippen molar-refractivity contribution >= 4 is 39.3 Å². The van der Waals surface area contributed by atoms with Crippen LogP contribution in [0.2, 0.25) is 0 Å². The van der Waals surface area contributed by atoms with Crippen molar-refractivity contribution in [1.82, 2.24) is 10.6 Å². The van der Waals surface area contributed by atoms with Crippen molar-refractivity contribution < 1.29 is 19.1 Å². The minimum Gasteiger partial charge on any atom is -0.493 e. The molecule has 0 radical (unpaired) electrons. The molecular formula is C21H20N2O4S. The molecule has 0 bridgehead atoms. The average Bonchev–Trinajstić information content (AvgIpc) is 3.14. The van der Waals surface area contributed by atoms with Gasteiger partial charge in [0, 0.05) is 16.5 Å². The molecule has 144 valence electrons. The van der Waals surface area contributed by atoms with Crippen LogP contribution in [0.25, 0.3) is 16.2 Å². The molecule has 0 aliphatic carbocycles. The number of nitrogens with one attached hydrogen (secondary N) is 2. The maximum Gasteiger partial charge on any atom is 0.251 e. The van der Waals surface area contributed by atoms with Crippen molar-refractivity contribution in [3.63, 3.8) is 0 Å². The number of benzene rings is 2. The number of rotatable bonds is 7. The van der Waals surface area contributed by atoms with Gasteiger partial charge in [-0.15, -0.1) is 11.3 Å². The Bertz CT molecular complexity index is 1030. The van der Waals surface area contributed by atoms with Crippen LogP contribution >= 0.6 is 11.3 Å². The van der Waals surface area contributed by atoms with Crippen LogP contribution in [0.5, 0.6) is 11.5 Å². The van der Waals surface area contributed by atoms with Crippen molar-refractivity contribution in [2.45, 2.75) is 0 Å². The molecule has 6 nitrogen and oxygen atoms in total. The second-order valence-electron chi connectivity index (χ2n) is 5.84. The molecule has 7 heteroatoms. The van der Waals surface area contributed by atoms with E-state index in [0.717, 1.165) is 10.9 Å². The largest absolute Gasteiger partial charge is 0.493 e. The third kappa shape index (κ3) is 4.50. The highest BCUT2D eigenvalue weighted by Gasteiger charge is 2.11. The number of ether oxygens (including phenoxy) is 2. The minimum absolute atomic E-state index is 0.137. The van der Waals surface area contributed by atoms with Crippen LogP contribution in [0.15, 0.2) is 54.0 Å². The highest BCUT2D eigenvalue weighted by Crippen LogP contribution is 2.27. The molecule has 28 heavy (non-hydrogen) atoms. The van der Waals surface area contributed by atoms with Crippen molar-refractivity contribution in [2.75, 3.05) is 20.8 Å². The van der Waals surface area contributed by atoms with E-state index in [-0.39, 0.29) is 18.4 Å². The lowest BCUT2D eigenvalue weighted by Crippen LogP contribution is -2.34. The molecule has 2 N–H and O–H groups in total. The summed E-state index contributed by atoms with van der Waals surface area (Å²) < 4.78 is 11.5. The van der Waals surface area contributed by atoms with E-state index >= 15 is 0 Å².